The van der Waals surface area contributed by atoms with Gasteiger partial charge in [-0.05, 0) is 24.3 Å². The van der Waals surface area contributed by atoms with Gasteiger partial charge in [0.25, 0.3) is 5.91 Å². The number of benzene rings is 1. The number of hydrogen-bond acceptors (Lipinski definition) is 4. The van der Waals surface area contributed by atoms with Crippen molar-refractivity contribution in [2.75, 3.05) is 19.8 Å². The monoisotopic (exact) mass is 335 g/mol. The molecule has 8 heteroatoms. The van der Waals surface area contributed by atoms with Crippen molar-refractivity contribution in [1.82, 2.24) is 14.7 Å². The fourth-order valence-corrected chi connectivity index (χ4v) is 2.58. The van der Waals surface area contributed by atoms with Crippen LogP contribution in [0.1, 0.15) is 10.5 Å². The summed E-state index contributed by atoms with van der Waals surface area (Å²) in [6.45, 7) is 0.514. The molecular weight excluding hydrogens is 322 g/mol. The lowest BCUT2D eigenvalue weighted by Gasteiger charge is -2.32. The molecule has 1 aliphatic heterocycles. The van der Waals surface area contributed by atoms with Gasteiger partial charge in [0, 0.05) is 17.8 Å². The molecule has 3 rings (SSSR count). The minimum atomic E-state index is -1.09. The molecule has 2 aromatic rings. The number of carbonyl (C=O) groups excluding carboxylic acids is 1. The van der Waals surface area contributed by atoms with Crippen LogP contribution < -0.4 is 0 Å². The first-order chi connectivity index (χ1) is 11.1. The Morgan fingerprint density at radius 1 is 1.35 bits per heavy atom. The molecule has 1 N–H and O–H groups in total. The maximum atomic E-state index is 12.5. The van der Waals surface area contributed by atoms with Gasteiger partial charge in [-0.15, -0.1) is 0 Å². The number of halogens is 1. The number of amides is 1. The van der Waals surface area contributed by atoms with Gasteiger partial charge in [-0.3, -0.25) is 4.79 Å². The third-order valence-corrected chi connectivity index (χ3v) is 3.79. The van der Waals surface area contributed by atoms with E-state index in [0.29, 0.717) is 17.3 Å². The summed E-state index contributed by atoms with van der Waals surface area (Å²) in [5, 5.41) is 14.0. The van der Waals surface area contributed by atoms with Crippen molar-refractivity contribution in [3.8, 4) is 5.69 Å². The Balaban J connectivity index is 1.84. The van der Waals surface area contributed by atoms with E-state index in [2.05, 4.69) is 5.10 Å². The molecule has 1 aliphatic rings. The average molecular weight is 336 g/mol. The fourth-order valence-electron chi connectivity index (χ4n) is 2.40. The van der Waals surface area contributed by atoms with E-state index in [4.69, 9.17) is 16.3 Å². The second-order valence-corrected chi connectivity index (χ2v) is 5.49. The quantitative estimate of drug-likeness (QED) is 0.917. The van der Waals surface area contributed by atoms with Crippen molar-refractivity contribution in [2.45, 2.75) is 6.04 Å². The van der Waals surface area contributed by atoms with Crippen LogP contribution in [0.15, 0.2) is 36.5 Å². The Kier molecular flexibility index (Phi) is 4.31. The highest BCUT2D eigenvalue weighted by atomic mass is 35.5. The van der Waals surface area contributed by atoms with Crippen molar-refractivity contribution in [2.24, 2.45) is 0 Å². The first-order valence-corrected chi connectivity index (χ1v) is 7.37. The van der Waals surface area contributed by atoms with Crippen molar-refractivity contribution in [3.63, 3.8) is 0 Å². The summed E-state index contributed by atoms with van der Waals surface area (Å²) in [6, 6.07) is 7.61. The molecule has 0 radical (unpaired) electrons. The molecule has 0 spiro atoms. The van der Waals surface area contributed by atoms with E-state index in [9.17, 15) is 14.7 Å². The van der Waals surface area contributed by atoms with Gasteiger partial charge in [-0.2, -0.15) is 5.10 Å². The van der Waals surface area contributed by atoms with Gasteiger partial charge >= 0.3 is 5.97 Å². The van der Waals surface area contributed by atoms with Gasteiger partial charge in [0.2, 0.25) is 0 Å². The molecule has 1 fully saturated rings. The number of carboxylic acids is 1. The van der Waals surface area contributed by atoms with Crippen LogP contribution in [-0.2, 0) is 9.53 Å². The zero-order chi connectivity index (χ0) is 16.4. The minimum Gasteiger partial charge on any atom is -0.480 e. The molecule has 0 aliphatic carbocycles. The number of rotatable bonds is 3. The Morgan fingerprint density at radius 2 is 2.17 bits per heavy atom. The average Bonchev–Trinajstić information content (AvgIpc) is 3.04. The van der Waals surface area contributed by atoms with Crippen molar-refractivity contribution < 1.29 is 19.4 Å². The molecule has 1 atom stereocenters. The van der Waals surface area contributed by atoms with Crippen LogP contribution in [0.4, 0.5) is 0 Å². The van der Waals surface area contributed by atoms with Gasteiger partial charge in [0.15, 0.2) is 11.7 Å². The number of carbonyl (C=O) groups is 2. The zero-order valence-electron chi connectivity index (χ0n) is 12.1. The summed E-state index contributed by atoms with van der Waals surface area (Å²) in [4.78, 5) is 25.1. The fraction of sp³-hybridized carbons (Fsp3) is 0.267. The highest BCUT2D eigenvalue weighted by Gasteiger charge is 2.34. The predicted octanol–water partition coefficient (Wildman–Crippen LogP) is 1.45. The Hall–Kier alpha value is -2.38. The van der Waals surface area contributed by atoms with Crippen LogP contribution in [0.25, 0.3) is 5.69 Å². The summed E-state index contributed by atoms with van der Waals surface area (Å²) in [7, 11) is 0. The Labute approximate surface area is 137 Å². The largest absolute Gasteiger partial charge is 0.480 e. The molecule has 1 aromatic heterocycles. The van der Waals surface area contributed by atoms with Crippen molar-refractivity contribution in [1.29, 1.82) is 0 Å². The summed E-state index contributed by atoms with van der Waals surface area (Å²) in [5.41, 5.74) is 0.895. The highest BCUT2D eigenvalue weighted by Crippen LogP contribution is 2.16. The molecule has 7 nitrogen and oxygen atoms in total. The van der Waals surface area contributed by atoms with E-state index in [1.807, 2.05) is 6.07 Å². The molecule has 0 bridgehead atoms. The third-order valence-electron chi connectivity index (χ3n) is 3.56. The van der Waals surface area contributed by atoms with E-state index >= 15 is 0 Å². The number of morpholine rings is 1. The predicted molar refractivity (Wildman–Crippen MR) is 81.9 cm³/mol. The van der Waals surface area contributed by atoms with Crippen LogP contribution >= 0.6 is 11.6 Å². The summed E-state index contributed by atoms with van der Waals surface area (Å²) in [5.74, 6) is -1.52. The van der Waals surface area contributed by atoms with Gasteiger partial charge in [-0.1, -0.05) is 17.7 Å². The second-order valence-electron chi connectivity index (χ2n) is 5.05. The number of ether oxygens (including phenoxy) is 1. The van der Waals surface area contributed by atoms with Crippen LogP contribution in [0.5, 0.6) is 0 Å². The van der Waals surface area contributed by atoms with Crippen LogP contribution in [0.2, 0.25) is 5.02 Å². The summed E-state index contributed by atoms with van der Waals surface area (Å²) in [6.07, 6.45) is 1.63. The van der Waals surface area contributed by atoms with Gasteiger partial charge in [-0.25, -0.2) is 9.48 Å². The number of hydrogen-bond donors (Lipinski definition) is 1. The molecule has 120 valence electrons. The smallest absolute Gasteiger partial charge is 0.328 e. The number of carboxylic acid groups (broad SMARTS) is 1. The van der Waals surface area contributed by atoms with Gasteiger partial charge in [0.1, 0.15) is 0 Å². The standard InChI is InChI=1S/C15H14ClN3O4/c16-10-2-1-3-11(8-10)19-5-4-12(17-19)14(20)18-6-7-23-9-13(18)15(21)22/h1-5,8,13H,6-7,9H2,(H,21,22)/t13-/m0/s1. The van der Waals surface area contributed by atoms with Crippen LogP contribution in [0, 0.1) is 0 Å². The second kappa shape index (κ2) is 6.39. The molecule has 0 unspecified atom stereocenters. The molecule has 1 saturated heterocycles. The van der Waals surface area contributed by atoms with E-state index in [0.717, 1.165) is 0 Å². The number of nitrogens with zero attached hydrogens (tertiary/aromatic N) is 3. The zero-order valence-corrected chi connectivity index (χ0v) is 12.8. The summed E-state index contributed by atoms with van der Waals surface area (Å²) >= 11 is 5.94. The number of aliphatic carboxylic acids is 1. The molecular formula is C15H14ClN3O4. The molecule has 1 aromatic carbocycles. The van der Waals surface area contributed by atoms with Crippen LogP contribution in [0.3, 0.4) is 0 Å². The van der Waals surface area contributed by atoms with Crippen molar-refractivity contribution in [3.05, 3.63) is 47.2 Å². The topological polar surface area (TPSA) is 84.7 Å². The minimum absolute atomic E-state index is 0.0178. The molecule has 2 heterocycles. The first-order valence-electron chi connectivity index (χ1n) is 6.99. The summed E-state index contributed by atoms with van der Waals surface area (Å²) < 4.78 is 6.66. The Bertz CT molecular complexity index is 746. The lowest BCUT2D eigenvalue weighted by molar-refractivity contribution is -0.147. The molecule has 1 amide bonds. The van der Waals surface area contributed by atoms with E-state index in [-0.39, 0.29) is 18.8 Å². The maximum Gasteiger partial charge on any atom is 0.328 e. The van der Waals surface area contributed by atoms with Crippen LogP contribution in [-0.4, -0.2) is 57.5 Å². The van der Waals surface area contributed by atoms with E-state index in [1.54, 1.807) is 30.5 Å². The maximum absolute atomic E-state index is 12.5. The highest BCUT2D eigenvalue weighted by molar-refractivity contribution is 6.30. The number of aromatic nitrogens is 2. The lowest BCUT2D eigenvalue weighted by Crippen LogP contribution is -2.52. The first kappa shape index (κ1) is 15.5. The third kappa shape index (κ3) is 3.20. The van der Waals surface area contributed by atoms with Gasteiger partial charge < -0.3 is 14.7 Å². The normalized spacial score (nSPS) is 18.0. The Morgan fingerprint density at radius 3 is 2.91 bits per heavy atom. The van der Waals surface area contributed by atoms with E-state index in [1.165, 1.54) is 9.58 Å². The van der Waals surface area contributed by atoms with E-state index < -0.39 is 17.9 Å². The molecule has 0 saturated carbocycles. The lowest BCUT2D eigenvalue weighted by atomic mass is 10.2. The molecule has 23 heavy (non-hydrogen) atoms. The van der Waals surface area contributed by atoms with Gasteiger partial charge in [0.05, 0.1) is 18.9 Å². The SMILES string of the molecule is O=C(O)[C@@H]1COCCN1C(=O)c1ccn(-c2cccc(Cl)c2)n1. The van der Waals surface area contributed by atoms with Crippen molar-refractivity contribution >= 4 is 23.5 Å².